The van der Waals surface area contributed by atoms with Crippen molar-refractivity contribution in [2.45, 2.75) is 42.5 Å². The van der Waals surface area contributed by atoms with Crippen molar-refractivity contribution in [1.29, 1.82) is 0 Å². The molecule has 1 aromatic heterocycles. The topological polar surface area (TPSA) is 87.4 Å². The lowest BCUT2D eigenvalue weighted by Crippen LogP contribution is -2.41. The van der Waals surface area contributed by atoms with Crippen molar-refractivity contribution in [3.8, 4) is 5.69 Å². The molecule has 36 heavy (non-hydrogen) atoms. The summed E-state index contributed by atoms with van der Waals surface area (Å²) in [4.78, 5) is 49.3. The van der Waals surface area contributed by atoms with Crippen molar-refractivity contribution in [2.75, 3.05) is 12.9 Å². The third-order valence-corrected chi connectivity index (χ3v) is 8.84. The van der Waals surface area contributed by atoms with Crippen LogP contribution in [-0.4, -0.2) is 38.3 Å². The molecule has 2 aromatic rings. The third-order valence-electron chi connectivity index (χ3n) is 5.71. The molecule has 1 heterocycles. The SMILES string of the molecule is COC(=O)CC1(CSC(=O)C(C)Sc2cc(-n3c(=O)cc(C(F)(F)F)n(C)c3=O)c(F)cc2Cl)CC1. The molecule has 196 valence electrons. The van der Waals surface area contributed by atoms with Crippen molar-refractivity contribution in [2.24, 2.45) is 12.5 Å². The van der Waals surface area contributed by atoms with E-state index in [0.717, 1.165) is 55.5 Å². The molecule has 0 radical (unpaired) electrons. The maximum Gasteiger partial charge on any atom is 0.431 e. The number of ether oxygens (including phenoxy) is 1. The first-order valence-corrected chi connectivity index (χ1v) is 12.7. The molecule has 1 saturated carbocycles. The van der Waals surface area contributed by atoms with E-state index in [2.05, 4.69) is 0 Å². The van der Waals surface area contributed by atoms with Crippen molar-refractivity contribution in [1.82, 2.24) is 9.13 Å². The molecule has 1 aliphatic rings. The van der Waals surface area contributed by atoms with E-state index in [1.807, 2.05) is 0 Å². The zero-order chi connectivity index (χ0) is 27.0. The summed E-state index contributed by atoms with van der Waals surface area (Å²) in [7, 11) is 2.11. The van der Waals surface area contributed by atoms with Gasteiger partial charge >= 0.3 is 17.8 Å². The van der Waals surface area contributed by atoms with Crippen molar-refractivity contribution >= 4 is 46.2 Å². The zero-order valence-electron chi connectivity index (χ0n) is 19.3. The smallest absolute Gasteiger partial charge is 0.431 e. The van der Waals surface area contributed by atoms with Gasteiger partial charge in [0.15, 0.2) is 0 Å². The maximum atomic E-state index is 14.7. The Bertz CT molecular complexity index is 1320. The van der Waals surface area contributed by atoms with Gasteiger partial charge in [-0.05, 0) is 37.3 Å². The van der Waals surface area contributed by atoms with Crippen LogP contribution in [0.2, 0.25) is 5.02 Å². The lowest BCUT2D eigenvalue weighted by atomic mass is 10.1. The molecule has 0 saturated heterocycles. The van der Waals surface area contributed by atoms with Crippen molar-refractivity contribution in [3.05, 3.63) is 55.6 Å². The normalized spacial score (nSPS) is 15.4. The number of rotatable bonds is 8. The van der Waals surface area contributed by atoms with E-state index in [4.69, 9.17) is 16.3 Å². The lowest BCUT2D eigenvalue weighted by molar-refractivity contribution is -0.144. The van der Waals surface area contributed by atoms with Crippen LogP contribution in [-0.2, 0) is 27.5 Å². The predicted octanol–water partition coefficient (Wildman–Crippen LogP) is 4.43. The van der Waals surface area contributed by atoms with E-state index >= 15 is 0 Å². The number of benzene rings is 1. The monoisotopic (exact) mass is 568 g/mol. The number of hydrogen-bond donors (Lipinski definition) is 0. The van der Waals surface area contributed by atoms with E-state index in [1.54, 1.807) is 6.92 Å². The fourth-order valence-electron chi connectivity index (χ4n) is 3.41. The minimum atomic E-state index is -4.96. The number of thioether (sulfide) groups is 2. The standard InChI is InChI=1S/C22H21ClF4N2O5S2/c1-11(19(32)35-10-21(4-5-21)9-18(31)34-3)36-15-7-14(13(24)6-12(15)23)29-17(30)8-16(22(25,26)27)28(2)20(29)33/h6-8,11H,4-5,9-10H2,1-3H3. The first kappa shape index (κ1) is 28.3. The number of halogens is 5. The first-order valence-electron chi connectivity index (χ1n) is 10.5. The van der Waals surface area contributed by atoms with Gasteiger partial charge < -0.3 is 4.74 Å². The van der Waals surface area contributed by atoms with Gasteiger partial charge in [0.2, 0.25) is 5.12 Å². The van der Waals surface area contributed by atoms with Gasteiger partial charge in [0.05, 0.1) is 29.5 Å². The van der Waals surface area contributed by atoms with Gasteiger partial charge in [0.25, 0.3) is 5.56 Å². The molecule has 3 rings (SSSR count). The van der Waals surface area contributed by atoms with Gasteiger partial charge in [-0.2, -0.15) is 13.2 Å². The number of alkyl halides is 3. The van der Waals surface area contributed by atoms with Crippen LogP contribution in [0.25, 0.3) is 5.69 Å². The minimum Gasteiger partial charge on any atom is -0.469 e. The third kappa shape index (κ3) is 6.17. The Balaban J connectivity index is 1.84. The van der Waals surface area contributed by atoms with Gasteiger partial charge in [-0.3, -0.25) is 19.0 Å². The minimum absolute atomic E-state index is 0.105. The fraction of sp³-hybridized carbons (Fsp3) is 0.455. The summed E-state index contributed by atoms with van der Waals surface area (Å²) in [6, 6.07) is 2.07. The second-order valence-electron chi connectivity index (χ2n) is 8.40. The first-order chi connectivity index (χ1) is 16.7. The van der Waals surface area contributed by atoms with Gasteiger partial charge in [-0.1, -0.05) is 23.4 Å². The Hall–Kier alpha value is -2.25. The van der Waals surface area contributed by atoms with E-state index in [1.165, 1.54) is 7.11 Å². The number of carbonyl (C=O) groups is 2. The molecule has 1 aromatic carbocycles. The summed E-state index contributed by atoms with van der Waals surface area (Å²) in [5.74, 6) is -1.03. The summed E-state index contributed by atoms with van der Waals surface area (Å²) in [5.41, 5.74) is -5.12. The molecule has 0 spiro atoms. The van der Waals surface area contributed by atoms with Gasteiger partial charge in [0.1, 0.15) is 11.5 Å². The zero-order valence-corrected chi connectivity index (χ0v) is 21.7. The second kappa shape index (κ2) is 10.6. The lowest BCUT2D eigenvalue weighted by Gasteiger charge is -2.17. The highest BCUT2D eigenvalue weighted by Gasteiger charge is 2.45. The van der Waals surface area contributed by atoms with Crippen LogP contribution in [0.1, 0.15) is 31.9 Å². The molecule has 1 atom stereocenters. The molecule has 1 fully saturated rings. The number of aromatic nitrogens is 2. The van der Waals surface area contributed by atoms with Gasteiger partial charge in [-0.15, -0.1) is 11.8 Å². The Labute approximate surface area is 216 Å². The number of nitrogens with zero attached hydrogens (tertiary/aromatic N) is 2. The number of carbonyl (C=O) groups excluding carboxylic acids is 2. The summed E-state index contributed by atoms with van der Waals surface area (Å²) in [6.45, 7) is 1.59. The van der Waals surface area contributed by atoms with E-state index in [9.17, 15) is 36.7 Å². The highest BCUT2D eigenvalue weighted by Crippen LogP contribution is 2.51. The molecule has 0 N–H and O–H groups in total. The van der Waals surface area contributed by atoms with E-state index < -0.39 is 39.9 Å². The highest BCUT2D eigenvalue weighted by molar-refractivity contribution is 8.16. The van der Waals surface area contributed by atoms with Crippen LogP contribution in [0, 0.1) is 11.2 Å². The Kier molecular flexibility index (Phi) is 8.36. The maximum absolute atomic E-state index is 14.7. The molecule has 1 unspecified atom stereocenters. The van der Waals surface area contributed by atoms with E-state index in [0.29, 0.717) is 5.75 Å². The summed E-state index contributed by atoms with van der Waals surface area (Å²) in [6.07, 6.45) is -3.15. The molecule has 0 aliphatic heterocycles. The number of esters is 1. The largest absolute Gasteiger partial charge is 0.469 e. The summed E-state index contributed by atoms with van der Waals surface area (Å²) >= 11 is 8.11. The van der Waals surface area contributed by atoms with Crippen LogP contribution in [0.15, 0.2) is 32.7 Å². The molecule has 0 bridgehead atoms. The van der Waals surface area contributed by atoms with E-state index in [-0.39, 0.29) is 48.0 Å². The molecule has 14 heteroatoms. The Morgan fingerprint density at radius 1 is 1.22 bits per heavy atom. The Morgan fingerprint density at radius 2 is 1.86 bits per heavy atom. The predicted molar refractivity (Wildman–Crippen MR) is 128 cm³/mol. The second-order valence-corrected chi connectivity index (χ2v) is 11.2. The number of hydrogen-bond acceptors (Lipinski definition) is 7. The molecule has 7 nitrogen and oxygen atoms in total. The quantitative estimate of drug-likeness (QED) is 0.264. The van der Waals surface area contributed by atoms with Crippen LogP contribution >= 0.6 is 35.1 Å². The van der Waals surface area contributed by atoms with Crippen LogP contribution in [0.5, 0.6) is 0 Å². The highest BCUT2D eigenvalue weighted by atomic mass is 35.5. The van der Waals surface area contributed by atoms with Crippen molar-refractivity contribution < 1.29 is 31.9 Å². The summed E-state index contributed by atoms with van der Waals surface area (Å²) in [5, 5.41) is -1.03. The molecular weight excluding hydrogens is 548 g/mol. The number of methoxy groups -OCH3 is 1. The molecular formula is C22H21ClF4N2O5S2. The average Bonchev–Trinajstić information content (AvgIpc) is 3.55. The molecule has 0 amide bonds. The molecule has 1 aliphatic carbocycles. The summed E-state index contributed by atoms with van der Waals surface area (Å²) < 4.78 is 59.2. The van der Waals surface area contributed by atoms with Gasteiger partial charge in [0, 0.05) is 23.8 Å². The average molecular weight is 569 g/mol. The van der Waals surface area contributed by atoms with Crippen LogP contribution in [0.4, 0.5) is 17.6 Å². The van der Waals surface area contributed by atoms with Crippen LogP contribution in [0.3, 0.4) is 0 Å². The Morgan fingerprint density at radius 3 is 2.42 bits per heavy atom. The van der Waals surface area contributed by atoms with Crippen LogP contribution < -0.4 is 11.2 Å². The van der Waals surface area contributed by atoms with Gasteiger partial charge in [-0.25, -0.2) is 13.8 Å². The fourth-order valence-corrected chi connectivity index (χ4v) is 5.94. The van der Waals surface area contributed by atoms with Crippen molar-refractivity contribution in [3.63, 3.8) is 0 Å².